The highest BCUT2D eigenvalue weighted by molar-refractivity contribution is 6.55. The third-order valence-corrected chi connectivity index (χ3v) is 4.46. The molecule has 0 spiro atoms. The SMILES string of the molecule is O=C1c2c(Cl)c(Cl)c(Cl)c(Cl)c2C(=O)N1CCCl. The molecule has 2 amide bonds. The lowest BCUT2D eigenvalue weighted by atomic mass is 10.1. The quantitative estimate of drug-likeness (QED) is 0.349. The van der Waals surface area contributed by atoms with Crippen molar-refractivity contribution < 1.29 is 9.59 Å². The van der Waals surface area contributed by atoms with Gasteiger partial charge in [-0.05, 0) is 0 Å². The van der Waals surface area contributed by atoms with E-state index in [1.807, 2.05) is 0 Å². The first-order valence-corrected chi connectivity index (χ1v) is 6.74. The maximum absolute atomic E-state index is 12.0. The van der Waals surface area contributed by atoms with Crippen molar-refractivity contribution in [2.45, 2.75) is 0 Å². The Balaban J connectivity index is 2.72. The number of alkyl halides is 1. The van der Waals surface area contributed by atoms with Crippen molar-refractivity contribution in [2.24, 2.45) is 0 Å². The van der Waals surface area contributed by atoms with Crippen molar-refractivity contribution in [2.75, 3.05) is 12.4 Å². The second-order valence-corrected chi connectivity index (χ2v) is 5.35. The zero-order valence-corrected chi connectivity index (χ0v) is 12.3. The van der Waals surface area contributed by atoms with E-state index in [9.17, 15) is 9.59 Å². The topological polar surface area (TPSA) is 37.4 Å². The van der Waals surface area contributed by atoms with Crippen LogP contribution in [0.3, 0.4) is 0 Å². The minimum Gasteiger partial charge on any atom is -0.273 e. The average Bonchev–Trinajstić information content (AvgIpc) is 2.59. The van der Waals surface area contributed by atoms with Gasteiger partial charge in [0.15, 0.2) is 0 Å². The van der Waals surface area contributed by atoms with Crippen molar-refractivity contribution in [3.63, 3.8) is 0 Å². The van der Waals surface area contributed by atoms with Crippen molar-refractivity contribution in [1.82, 2.24) is 4.90 Å². The monoisotopic (exact) mass is 345 g/mol. The lowest BCUT2D eigenvalue weighted by Gasteiger charge is -2.10. The molecule has 0 N–H and O–H groups in total. The van der Waals surface area contributed by atoms with Gasteiger partial charge in [0.25, 0.3) is 11.8 Å². The number of nitrogens with zero attached hydrogens (tertiary/aromatic N) is 1. The highest BCUT2D eigenvalue weighted by Gasteiger charge is 2.41. The number of hydrogen-bond acceptors (Lipinski definition) is 2. The van der Waals surface area contributed by atoms with Gasteiger partial charge in [0.2, 0.25) is 0 Å². The summed E-state index contributed by atoms with van der Waals surface area (Å²) in [5.74, 6) is -1.02. The summed E-state index contributed by atoms with van der Waals surface area (Å²) < 4.78 is 0. The van der Waals surface area contributed by atoms with Crippen molar-refractivity contribution in [1.29, 1.82) is 0 Å². The van der Waals surface area contributed by atoms with E-state index >= 15 is 0 Å². The lowest BCUT2D eigenvalue weighted by molar-refractivity contribution is 0.0664. The van der Waals surface area contributed by atoms with E-state index in [4.69, 9.17) is 58.0 Å². The number of fused-ring (bicyclic) bond motifs is 1. The molecule has 0 unspecified atom stereocenters. The predicted molar refractivity (Wildman–Crippen MR) is 72.6 cm³/mol. The van der Waals surface area contributed by atoms with Crippen LogP contribution in [0.4, 0.5) is 0 Å². The summed E-state index contributed by atoms with van der Waals surface area (Å²) in [6.45, 7) is 0.0653. The van der Waals surface area contributed by atoms with Gasteiger partial charge in [0.1, 0.15) is 0 Å². The van der Waals surface area contributed by atoms with Crippen LogP contribution in [0.5, 0.6) is 0 Å². The van der Waals surface area contributed by atoms with Crippen molar-refractivity contribution in [3.8, 4) is 0 Å². The molecule has 1 aromatic rings. The normalized spacial score (nSPS) is 14.4. The summed E-state index contributed by atoms with van der Waals surface area (Å²) in [6, 6.07) is 0. The molecule has 0 aliphatic carbocycles. The summed E-state index contributed by atoms with van der Waals surface area (Å²) in [7, 11) is 0. The van der Waals surface area contributed by atoms with Crippen molar-refractivity contribution >= 4 is 69.8 Å². The molecule has 0 fully saturated rings. The van der Waals surface area contributed by atoms with Gasteiger partial charge in [-0.3, -0.25) is 14.5 Å². The molecule has 96 valence electrons. The average molecular weight is 347 g/mol. The van der Waals surface area contributed by atoms with Crippen LogP contribution in [0.15, 0.2) is 0 Å². The molecular formula is C10H4Cl5NO2. The van der Waals surface area contributed by atoms with Crippen LogP contribution in [0, 0.1) is 0 Å². The van der Waals surface area contributed by atoms with E-state index in [0.717, 1.165) is 4.90 Å². The fourth-order valence-electron chi connectivity index (χ4n) is 1.68. The Morgan fingerprint density at radius 3 is 1.50 bits per heavy atom. The van der Waals surface area contributed by atoms with E-state index in [1.165, 1.54) is 0 Å². The van der Waals surface area contributed by atoms with Crippen LogP contribution in [0.1, 0.15) is 20.7 Å². The number of carbonyl (C=O) groups excluding carboxylic acids is 2. The molecule has 0 saturated carbocycles. The lowest BCUT2D eigenvalue weighted by Crippen LogP contribution is -2.31. The molecule has 1 aliphatic heterocycles. The minimum atomic E-state index is -0.568. The highest BCUT2D eigenvalue weighted by atomic mass is 35.5. The summed E-state index contributed by atoms with van der Waals surface area (Å²) in [4.78, 5) is 25.0. The van der Waals surface area contributed by atoms with Gasteiger partial charge >= 0.3 is 0 Å². The summed E-state index contributed by atoms with van der Waals surface area (Å²) in [5.41, 5.74) is -0.0441. The Morgan fingerprint density at radius 1 is 0.778 bits per heavy atom. The molecule has 2 rings (SSSR count). The number of halogens is 5. The molecule has 3 nitrogen and oxygen atoms in total. The van der Waals surface area contributed by atoms with Crippen LogP contribution in [-0.2, 0) is 0 Å². The molecule has 0 saturated heterocycles. The van der Waals surface area contributed by atoms with Gasteiger partial charge < -0.3 is 0 Å². The van der Waals surface area contributed by atoms with E-state index < -0.39 is 11.8 Å². The molecule has 0 radical (unpaired) electrons. The standard InChI is InChI=1S/C10H4Cl5NO2/c11-1-2-16-9(17)3-4(10(16)18)6(13)8(15)7(14)5(3)12/h1-2H2. The van der Waals surface area contributed by atoms with Crippen LogP contribution in [-0.4, -0.2) is 29.1 Å². The molecule has 0 atom stereocenters. The van der Waals surface area contributed by atoms with Crippen LogP contribution >= 0.6 is 58.0 Å². The van der Waals surface area contributed by atoms with Crippen molar-refractivity contribution in [3.05, 3.63) is 31.2 Å². The Labute approximate surface area is 127 Å². The first-order valence-electron chi connectivity index (χ1n) is 4.69. The van der Waals surface area contributed by atoms with Gasteiger partial charge in [0, 0.05) is 12.4 Å². The van der Waals surface area contributed by atoms with Gasteiger partial charge in [-0.2, -0.15) is 0 Å². The molecule has 0 aromatic heterocycles. The van der Waals surface area contributed by atoms with E-state index in [2.05, 4.69) is 0 Å². The predicted octanol–water partition coefficient (Wildman–Crippen LogP) is 4.14. The summed E-state index contributed by atoms with van der Waals surface area (Å²) in [5, 5.41) is -0.236. The van der Waals surface area contributed by atoms with Gasteiger partial charge in [-0.25, -0.2) is 0 Å². The molecule has 1 aliphatic rings. The number of hydrogen-bond donors (Lipinski definition) is 0. The first-order chi connectivity index (χ1) is 8.41. The number of carbonyl (C=O) groups is 2. The number of benzene rings is 1. The molecule has 1 heterocycles. The Bertz CT molecular complexity index is 525. The zero-order chi connectivity index (χ0) is 13.6. The maximum Gasteiger partial charge on any atom is 0.263 e. The number of imide groups is 1. The summed E-state index contributed by atoms with van der Waals surface area (Å²) in [6.07, 6.45) is 0. The molecule has 8 heteroatoms. The van der Waals surface area contributed by atoms with Gasteiger partial charge in [0.05, 0.1) is 31.2 Å². The number of rotatable bonds is 2. The Kier molecular flexibility index (Phi) is 4.00. The summed E-state index contributed by atoms with van der Waals surface area (Å²) >= 11 is 29.1. The molecular weight excluding hydrogens is 343 g/mol. The largest absolute Gasteiger partial charge is 0.273 e. The second kappa shape index (κ2) is 5.06. The fraction of sp³-hybridized carbons (Fsp3) is 0.200. The van der Waals surface area contributed by atoms with Gasteiger partial charge in [-0.1, -0.05) is 46.4 Å². The van der Waals surface area contributed by atoms with E-state index in [-0.39, 0.29) is 43.6 Å². The first kappa shape index (κ1) is 14.2. The second-order valence-electron chi connectivity index (χ2n) is 3.46. The van der Waals surface area contributed by atoms with Gasteiger partial charge in [-0.15, -0.1) is 11.6 Å². The fourth-order valence-corrected chi connectivity index (χ4v) is 2.87. The van der Waals surface area contributed by atoms with Crippen LogP contribution in [0.2, 0.25) is 20.1 Å². The van der Waals surface area contributed by atoms with Crippen LogP contribution in [0.25, 0.3) is 0 Å². The molecule has 0 bridgehead atoms. The van der Waals surface area contributed by atoms with E-state index in [1.54, 1.807) is 0 Å². The molecule has 1 aromatic carbocycles. The smallest absolute Gasteiger partial charge is 0.263 e. The Morgan fingerprint density at radius 2 is 1.17 bits per heavy atom. The third-order valence-electron chi connectivity index (χ3n) is 2.49. The third kappa shape index (κ3) is 1.89. The minimum absolute atomic E-state index is 0.0221. The molecule has 18 heavy (non-hydrogen) atoms. The highest BCUT2D eigenvalue weighted by Crippen LogP contribution is 2.44. The zero-order valence-electron chi connectivity index (χ0n) is 8.57. The number of amides is 2. The van der Waals surface area contributed by atoms with Crippen LogP contribution < -0.4 is 0 Å². The maximum atomic E-state index is 12.0. The van der Waals surface area contributed by atoms with E-state index in [0.29, 0.717) is 0 Å². The Hall–Kier alpha value is -0.190.